The van der Waals surface area contributed by atoms with Gasteiger partial charge in [-0.25, -0.2) is 9.97 Å². The molecule has 0 fully saturated rings. The van der Waals surface area contributed by atoms with E-state index < -0.39 is 5.41 Å². The van der Waals surface area contributed by atoms with Crippen molar-refractivity contribution in [2.45, 2.75) is 5.41 Å². The van der Waals surface area contributed by atoms with Crippen molar-refractivity contribution in [3.8, 4) is 66.0 Å². The second-order valence-corrected chi connectivity index (χ2v) is 16.2. The molecule has 1 aliphatic heterocycles. The van der Waals surface area contributed by atoms with Crippen molar-refractivity contribution in [2.24, 2.45) is 0 Å². The highest BCUT2D eigenvalue weighted by Crippen LogP contribution is 2.62. The summed E-state index contributed by atoms with van der Waals surface area (Å²) in [5.74, 6) is 1.55. The molecular formula is C51H30N2OS2. The third-order valence-corrected chi connectivity index (χ3v) is 13.2. The molecule has 0 saturated heterocycles. The van der Waals surface area contributed by atoms with Gasteiger partial charge in [0.25, 0.3) is 0 Å². The molecule has 10 aromatic rings. The van der Waals surface area contributed by atoms with E-state index in [1.54, 1.807) is 22.7 Å². The molecule has 0 saturated carbocycles. The zero-order valence-electron chi connectivity index (χ0n) is 33.6. The van der Waals surface area contributed by atoms with Gasteiger partial charge >= 0.3 is 0 Å². The van der Waals surface area contributed by atoms with Crippen molar-refractivity contribution in [1.29, 1.82) is 0 Å². The van der Waals surface area contributed by atoms with Crippen LogP contribution in [0.1, 0.15) is 27.7 Å². The highest BCUT2D eigenvalue weighted by Gasteiger charge is 2.51. The number of aromatic nitrogens is 2. The number of benzene rings is 8. The van der Waals surface area contributed by atoms with Gasteiger partial charge in [-0.1, -0.05) is 121 Å². The first-order valence-electron chi connectivity index (χ1n) is 20.5. The first kappa shape index (κ1) is 27.9. The van der Waals surface area contributed by atoms with Gasteiger partial charge in [-0.2, -0.15) is 0 Å². The van der Waals surface area contributed by atoms with Crippen LogP contribution in [0, 0.1) is 0 Å². The Morgan fingerprint density at radius 3 is 1.50 bits per heavy atom. The molecule has 0 atom stereocenters. The van der Waals surface area contributed by atoms with Gasteiger partial charge in [0.15, 0.2) is 0 Å². The van der Waals surface area contributed by atoms with Crippen LogP contribution in [-0.4, -0.2) is 9.97 Å². The first-order chi connectivity index (χ1) is 29.4. The SMILES string of the molecule is [2H]c1c([2H])c(-c2ccc3c(c2)C2(c4ccccc4Oc4ccccc42)c2ccccc2-3)c([2H])c([2H])c1-c1cc(-c2nc3ccccc3s2)cc(-c2nc3ccccc3s2)c1. The zero-order chi connectivity index (χ0) is 40.3. The van der Waals surface area contributed by atoms with Crippen molar-refractivity contribution >= 4 is 43.1 Å². The minimum Gasteiger partial charge on any atom is -0.457 e. The molecule has 2 aliphatic rings. The van der Waals surface area contributed by atoms with Gasteiger partial charge in [-0.3, -0.25) is 0 Å². The Bertz CT molecular complexity index is 3210. The van der Waals surface area contributed by atoms with Crippen LogP contribution in [0.3, 0.4) is 0 Å². The van der Waals surface area contributed by atoms with Crippen LogP contribution in [0.25, 0.3) is 75.0 Å². The predicted molar refractivity (Wildman–Crippen MR) is 232 cm³/mol. The van der Waals surface area contributed by atoms with E-state index in [9.17, 15) is 5.48 Å². The molecular weight excluding hydrogens is 721 g/mol. The summed E-state index contributed by atoms with van der Waals surface area (Å²) in [6.45, 7) is 0. The Balaban J connectivity index is 1.06. The summed E-state index contributed by atoms with van der Waals surface area (Å²) in [6.07, 6.45) is 0. The Hall–Kier alpha value is -6.66. The zero-order valence-corrected chi connectivity index (χ0v) is 31.3. The van der Waals surface area contributed by atoms with E-state index >= 15 is 0 Å². The van der Waals surface area contributed by atoms with Crippen LogP contribution >= 0.6 is 22.7 Å². The Morgan fingerprint density at radius 2 is 0.893 bits per heavy atom. The van der Waals surface area contributed by atoms with E-state index in [0.717, 1.165) is 86.5 Å². The van der Waals surface area contributed by atoms with Crippen molar-refractivity contribution in [1.82, 2.24) is 9.97 Å². The summed E-state index contributed by atoms with van der Waals surface area (Å²) in [5, 5.41) is 1.60. The molecule has 1 aliphatic carbocycles. The molecule has 0 amide bonds. The lowest BCUT2D eigenvalue weighted by Crippen LogP contribution is -2.32. The first-order valence-corrected chi connectivity index (χ1v) is 20.1. The molecule has 3 nitrogen and oxygen atoms in total. The minimum atomic E-state index is -0.733. The maximum Gasteiger partial charge on any atom is 0.132 e. The smallest absolute Gasteiger partial charge is 0.132 e. The largest absolute Gasteiger partial charge is 0.457 e. The number of hydrogen-bond acceptors (Lipinski definition) is 5. The molecule has 12 rings (SSSR count). The van der Waals surface area contributed by atoms with Crippen LogP contribution in [0.4, 0.5) is 0 Å². The standard InChI is InChI=1S/C51H30N2OS2/c1-2-12-39-37(11-1)38-26-25-33(30-42(38)51(39)40-13-3-7-17-45(40)54-46-18-8-4-14-41(46)51)31-21-23-32(24-22-31)34-27-35(49-52-43-15-5-9-19-47(43)55-49)29-36(28-34)50-53-44-16-6-10-20-48(44)56-50/h1-30H/i21D,22D,23D,24D. The molecule has 0 radical (unpaired) electrons. The number of hydrogen-bond donors (Lipinski definition) is 0. The molecule has 0 bridgehead atoms. The molecule has 0 N–H and O–H groups in total. The molecule has 3 heterocycles. The lowest BCUT2D eigenvalue weighted by Gasteiger charge is -2.39. The van der Waals surface area contributed by atoms with Gasteiger partial charge < -0.3 is 4.74 Å². The van der Waals surface area contributed by atoms with E-state index in [-0.39, 0.29) is 35.3 Å². The monoisotopic (exact) mass is 754 g/mol. The van der Waals surface area contributed by atoms with Crippen LogP contribution in [-0.2, 0) is 5.41 Å². The second-order valence-electron chi connectivity index (χ2n) is 14.2. The van der Waals surface area contributed by atoms with Crippen LogP contribution in [0.5, 0.6) is 11.5 Å². The second kappa shape index (κ2) is 12.2. The molecule has 5 heteroatoms. The Morgan fingerprint density at radius 1 is 0.411 bits per heavy atom. The minimum absolute atomic E-state index is 0.102. The Kier molecular flexibility index (Phi) is 6.05. The summed E-state index contributed by atoms with van der Waals surface area (Å²) >= 11 is 3.16. The fourth-order valence-electron chi connectivity index (χ4n) is 8.62. The topological polar surface area (TPSA) is 35.0 Å². The highest BCUT2D eigenvalue weighted by atomic mass is 32.1. The molecule has 8 aromatic carbocycles. The third-order valence-electron chi connectivity index (χ3n) is 11.1. The number of fused-ring (bicyclic) bond motifs is 11. The highest BCUT2D eigenvalue weighted by molar-refractivity contribution is 7.22. The van der Waals surface area contributed by atoms with Gasteiger partial charge in [0, 0.05) is 22.3 Å². The van der Waals surface area contributed by atoms with Gasteiger partial charge in [0.2, 0.25) is 0 Å². The average Bonchev–Trinajstić information content (AvgIpc) is 4.00. The maximum absolute atomic E-state index is 9.61. The van der Waals surface area contributed by atoms with Crippen LogP contribution in [0.15, 0.2) is 182 Å². The maximum atomic E-state index is 9.61. The average molecular weight is 755 g/mol. The lowest BCUT2D eigenvalue weighted by molar-refractivity contribution is 0.436. The summed E-state index contributed by atoms with van der Waals surface area (Å²) in [5.41, 5.74) is 10.7. The van der Waals surface area contributed by atoms with Gasteiger partial charge in [-0.05, 0) is 105 Å². The van der Waals surface area contributed by atoms with Gasteiger partial charge in [0.1, 0.15) is 21.5 Å². The lowest BCUT2D eigenvalue weighted by atomic mass is 9.66. The summed E-state index contributed by atoms with van der Waals surface area (Å²) in [7, 11) is 0. The van der Waals surface area contributed by atoms with E-state index in [1.807, 2.05) is 91.0 Å². The third kappa shape index (κ3) is 4.68. The van der Waals surface area contributed by atoms with Crippen molar-refractivity contribution in [3.63, 3.8) is 0 Å². The van der Waals surface area contributed by atoms with Gasteiger partial charge in [-0.15, -0.1) is 22.7 Å². The van der Waals surface area contributed by atoms with E-state index in [0.29, 0.717) is 11.1 Å². The number of nitrogens with zero attached hydrogens (tertiary/aromatic N) is 2. The predicted octanol–water partition coefficient (Wildman–Crippen LogP) is 14.0. The van der Waals surface area contributed by atoms with Gasteiger partial charge in [0.05, 0.1) is 31.3 Å². The molecule has 56 heavy (non-hydrogen) atoms. The normalized spacial score (nSPS) is 14.3. The van der Waals surface area contributed by atoms with Crippen LogP contribution in [0.2, 0.25) is 0 Å². The summed E-state index contributed by atoms with van der Waals surface area (Å²) in [6, 6.07) is 52.4. The number of para-hydroxylation sites is 4. The number of ether oxygens (including phenoxy) is 1. The molecule has 2 aromatic heterocycles. The number of rotatable bonds is 4. The molecule has 1 spiro atoms. The van der Waals surface area contributed by atoms with Crippen molar-refractivity contribution in [3.05, 3.63) is 204 Å². The van der Waals surface area contributed by atoms with E-state index in [4.69, 9.17) is 14.7 Å². The van der Waals surface area contributed by atoms with Crippen LogP contribution < -0.4 is 4.74 Å². The van der Waals surface area contributed by atoms with E-state index in [2.05, 4.69) is 66.7 Å². The fraction of sp³-hybridized carbons (Fsp3) is 0.0196. The van der Waals surface area contributed by atoms with Crippen molar-refractivity contribution in [2.75, 3.05) is 0 Å². The Labute approximate surface area is 337 Å². The summed E-state index contributed by atoms with van der Waals surface area (Å²) in [4.78, 5) is 9.93. The molecule has 0 unspecified atom stereocenters. The van der Waals surface area contributed by atoms with Crippen molar-refractivity contribution < 1.29 is 10.2 Å². The number of thiazole rings is 2. The van der Waals surface area contributed by atoms with E-state index in [1.165, 1.54) is 0 Å². The molecule has 262 valence electrons. The fourth-order valence-corrected chi connectivity index (χ4v) is 10.5. The quantitative estimate of drug-likeness (QED) is 0.179. The summed E-state index contributed by atoms with van der Waals surface area (Å²) < 4.78 is 47.0.